The maximum Gasteiger partial charge on any atom is 0.0771 e. The van der Waals surface area contributed by atoms with Crippen molar-refractivity contribution >= 4 is 11.3 Å². The molecule has 1 aromatic rings. The predicted molar refractivity (Wildman–Crippen MR) is 81.7 cm³/mol. The first-order valence-corrected chi connectivity index (χ1v) is 7.87. The van der Waals surface area contributed by atoms with Gasteiger partial charge in [0.05, 0.1) is 18.1 Å². The Kier molecular flexibility index (Phi) is 6.51. The second kappa shape index (κ2) is 8.40. The van der Waals surface area contributed by atoms with E-state index < -0.39 is 0 Å². The van der Waals surface area contributed by atoms with Crippen LogP contribution in [0.25, 0.3) is 0 Å². The van der Waals surface area contributed by atoms with Crippen LogP contribution in [0.2, 0.25) is 0 Å². The molecule has 20 heavy (non-hydrogen) atoms. The van der Waals surface area contributed by atoms with Crippen molar-refractivity contribution in [2.24, 2.45) is 0 Å². The Bertz CT molecular complexity index is 456. The third-order valence-corrected chi connectivity index (χ3v) is 4.36. The van der Waals surface area contributed by atoms with Gasteiger partial charge >= 0.3 is 0 Å². The molecular formula is C15H22N2O2S. The van der Waals surface area contributed by atoms with Gasteiger partial charge in [-0.3, -0.25) is 9.80 Å². The molecule has 0 spiro atoms. The van der Waals surface area contributed by atoms with Crippen LogP contribution in [0.4, 0.5) is 0 Å². The van der Waals surface area contributed by atoms with Crippen LogP contribution in [0.15, 0.2) is 12.1 Å². The van der Waals surface area contributed by atoms with Gasteiger partial charge < -0.3 is 10.2 Å². The highest BCUT2D eigenvalue weighted by Gasteiger charge is 2.16. The minimum atomic E-state index is 0.128. The summed E-state index contributed by atoms with van der Waals surface area (Å²) in [6.07, 6.45) is 0.542. The zero-order valence-electron chi connectivity index (χ0n) is 11.7. The highest BCUT2D eigenvalue weighted by Crippen LogP contribution is 2.18. The number of aliphatic hydroxyl groups excluding tert-OH is 2. The van der Waals surface area contributed by atoms with Gasteiger partial charge in [-0.2, -0.15) is 0 Å². The van der Waals surface area contributed by atoms with E-state index in [1.807, 2.05) is 0 Å². The van der Waals surface area contributed by atoms with Crippen LogP contribution in [-0.2, 0) is 6.54 Å². The van der Waals surface area contributed by atoms with Crippen molar-refractivity contribution < 1.29 is 10.2 Å². The van der Waals surface area contributed by atoms with Crippen LogP contribution in [0, 0.1) is 11.8 Å². The average molecular weight is 294 g/mol. The molecule has 5 heteroatoms. The van der Waals surface area contributed by atoms with Gasteiger partial charge in [0.1, 0.15) is 0 Å². The highest BCUT2D eigenvalue weighted by atomic mass is 32.1. The molecule has 0 atom stereocenters. The summed E-state index contributed by atoms with van der Waals surface area (Å²) in [5.74, 6) is 6.04. The molecule has 1 aliphatic heterocycles. The normalized spacial score (nSPS) is 16.9. The van der Waals surface area contributed by atoms with Crippen LogP contribution in [0.1, 0.15) is 16.2 Å². The molecule has 1 aliphatic rings. The summed E-state index contributed by atoms with van der Waals surface area (Å²) in [4.78, 5) is 7.17. The average Bonchev–Trinajstić information content (AvgIpc) is 2.89. The first kappa shape index (κ1) is 15.5. The Morgan fingerprint density at radius 3 is 2.50 bits per heavy atom. The number of thiophene rings is 1. The van der Waals surface area contributed by atoms with Crippen molar-refractivity contribution in [1.29, 1.82) is 0 Å². The number of rotatable bonds is 5. The summed E-state index contributed by atoms with van der Waals surface area (Å²) in [5.41, 5.74) is 0. The third kappa shape index (κ3) is 4.89. The van der Waals surface area contributed by atoms with E-state index in [9.17, 15) is 0 Å². The Morgan fingerprint density at radius 2 is 1.80 bits per heavy atom. The van der Waals surface area contributed by atoms with Gasteiger partial charge in [0, 0.05) is 50.6 Å². The Balaban J connectivity index is 1.79. The van der Waals surface area contributed by atoms with Gasteiger partial charge in [0.15, 0.2) is 0 Å². The summed E-state index contributed by atoms with van der Waals surface area (Å²) in [6.45, 7) is 6.35. The second-order valence-electron chi connectivity index (χ2n) is 4.88. The van der Waals surface area contributed by atoms with Gasteiger partial charge in [-0.1, -0.05) is 11.8 Å². The van der Waals surface area contributed by atoms with Crippen LogP contribution in [0.5, 0.6) is 0 Å². The molecule has 0 radical (unpaired) electrons. The lowest BCUT2D eigenvalue weighted by atomic mass is 10.3. The number of β-amino-alcohol motifs (C(OH)–C–C–N with tert-alkyl or cyclic N) is 1. The molecule has 0 bridgehead atoms. The number of hydrogen-bond donors (Lipinski definition) is 2. The van der Waals surface area contributed by atoms with Crippen molar-refractivity contribution in [3.8, 4) is 11.8 Å². The van der Waals surface area contributed by atoms with Crippen LogP contribution < -0.4 is 0 Å². The molecule has 2 rings (SSSR count). The minimum Gasteiger partial charge on any atom is -0.395 e. The third-order valence-electron chi connectivity index (χ3n) is 3.37. The molecule has 4 nitrogen and oxygen atoms in total. The molecule has 0 saturated carbocycles. The first-order valence-electron chi connectivity index (χ1n) is 7.06. The molecule has 2 heterocycles. The molecule has 0 unspecified atom stereocenters. The summed E-state index contributed by atoms with van der Waals surface area (Å²) >= 11 is 1.74. The van der Waals surface area contributed by atoms with E-state index in [2.05, 4.69) is 33.8 Å². The van der Waals surface area contributed by atoms with Crippen LogP contribution in [0.3, 0.4) is 0 Å². The van der Waals surface area contributed by atoms with Crippen LogP contribution >= 0.6 is 11.3 Å². The lowest BCUT2D eigenvalue weighted by Crippen LogP contribution is -2.46. The summed E-state index contributed by atoms with van der Waals surface area (Å²) in [5, 5.41) is 17.6. The van der Waals surface area contributed by atoms with E-state index in [1.165, 1.54) is 4.88 Å². The van der Waals surface area contributed by atoms with Crippen molar-refractivity contribution in [2.45, 2.75) is 13.0 Å². The van der Waals surface area contributed by atoms with E-state index >= 15 is 0 Å². The molecular weight excluding hydrogens is 272 g/mol. The molecule has 2 N–H and O–H groups in total. The summed E-state index contributed by atoms with van der Waals surface area (Å²) in [6, 6.07) is 4.21. The first-order chi connectivity index (χ1) is 9.81. The Morgan fingerprint density at radius 1 is 1.05 bits per heavy atom. The molecule has 0 aromatic carbocycles. The number of piperazine rings is 1. The minimum absolute atomic E-state index is 0.128. The van der Waals surface area contributed by atoms with Crippen molar-refractivity contribution in [2.75, 3.05) is 45.9 Å². The van der Waals surface area contributed by atoms with E-state index in [0.717, 1.165) is 44.1 Å². The number of aliphatic hydroxyl groups is 2. The summed E-state index contributed by atoms with van der Waals surface area (Å²) in [7, 11) is 0. The zero-order valence-corrected chi connectivity index (χ0v) is 12.5. The highest BCUT2D eigenvalue weighted by molar-refractivity contribution is 7.12. The molecule has 1 fully saturated rings. The quantitative estimate of drug-likeness (QED) is 0.781. The fourth-order valence-electron chi connectivity index (χ4n) is 2.27. The zero-order chi connectivity index (χ0) is 14.2. The van der Waals surface area contributed by atoms with Crippen molar-refractivity contribution in [1.82, 2.24) is 9.80 Å². The molecule has 1 saturated heterocycles. The van der Waals surface area contributed by atoms with Gasteiger partial charge in [0.25, 0.3) is 0 Å². The van der Waals surface area contributed by atoms with E-state index in [1.54, 1.807) is 11.3 Å². The molecule has 0 amide bonds. The Hall–Kier alpha value is -0.900. The fourth-order valence-corrected chi connectivity index (χ4v) is 3.19. The van der Waals surface area contributed by atoms with Crippen molar-refractivity contribution in [3.05, 3.63) is 21.9 Å². The van der Waals surface area contributed by atoms with Gasteiger partial charge in [0.2, 0.25) is 0 Å². The molecule has 0 aliphatic carbocycles. The summed E-state index contributed by atoms with van der Waals surface area (Å²) < 4.78 is 0. The Labute approximate surface area is 124 Å². The molecule has 1 aromatic heterocycles. The van der Waals surface area contributed by atoms with E-state index in [0.29, 0.717) is 6.42 Å². The van der Waals surface area contributed by atoms with E-state index in [4.69, 9.17) is 10.2 Å². The number of nitrogens with zero attached hydrogens (tertiary/aromatic N) is 2. The topological polar surface area (TPSA) is 46.9 Å². The van der Waals surface area contributed by atoms with E-state index in [-0.39, 0.29) is 13.2 Å². The number of hydrogen-bond acceptors (Lipinski definition) is 5. The maximum atomic E-state index is 8.93. The maximum absolute atomic E-state index is 8.93. The lowest BCUT2D eigenvalue weighted by Gasteiger charge is -2.34. The van der Waals surface area contributed by atoms with Gasteiger partial charge in [-0.25, -0.2) is 0 Å². The van der Waals surface area contributed by atoms with Crippen molar-refractivity contribution in [3.63, 3.8) is 0 Å². The van der Waals surface area contributed by atoms with Crippen LogP contribution in [-0.4, -0.2) is 66.0 Å². The molecule has 110 valence electrons. The lowest BCUT2D eigenvalue weighted by molar-refractivity contribution is 0.109. The SMILES string of the molecule is OCCC#Cc1ccc(CN2CCN(CCO)CC2)s1. The smallest absolute Gasteiger partial charge is 0.0771 e. The largest absolute Gasteiger partial charge is 0.395 e. The second-order valence-corrected chi connectivity index (χ2v) is 6.05. The van der Waals surface area contributed by atoms with Gasteiger partial charge in [-0.05, 0) is 12.1 Å². The fraction of sp³-hybridized carbons (Fsp3) is 0.600. The monoisotopic (exact) mass is 294 g/mol. The van der Waals surface area contributed by atoms with Gasteiger partial charge in [-0.15, -0.1) is 11.3 Å². The predicted octanol–water partition coefficient (Wildman–Crippen LogP) is 0.592. The standard InChI is InChI=1S/C15H22N2O2S/c18-11-2-1-3-14-4-5-15(20-14)13-17-8-6-16(7-9-17)10-12-19/h4-5,18-19H,2,6-13H2.